The number of aryl methyl sites for hydroxylation is 1. The molecule has 0 unspecified atom stereocenters. The van der Waals surface area contributed by atoms with Gasteiger partial charge in [0.15, 0.2) is 5.76 Å². The van der Waals surface area contributed by atoms with Crippen molar-refractivity contribution in [3.63, 3.8) is 0 Å². The Morgan fingerprint density at radius 2 is 2.07 bits per heavy atom. The van der Waals surface area contributed by atoms with Gasteiger partial charge in [-0.3, -0.25) is 5.32 Å². The lowest BCUT2D eigenvalue weighted by Gasteiger charge is -2.08. The first-order valence-electron chi connectivity index (χ1n) is 8.22. The second-order valence-electron chi connectivity index (χ2n) is 5.80. The Morgan fingerprint density at radius 1 is 1.30 bits per heavy atom. The van der Waals surface area contributed by atoms with Crippen molar-refractivity contribution >= 4 is 27.7 Å². The van der Waals surface area contributed by atoms with Crippen molar-refractivity contribution in [3.05, 3.63) is 69.8 Å². The molecule has 0 bridgehead atoms. The summed E-state index contributed by atoms with van der Waals surface area (Å²) in [4.78, 5) is 12.2. The highest BCUT2D eigenvalue weighted by Gasteiger charge is 2.18. The van der Waals surface area contributed by atoms with Crippen LogP contribution in [0.3, 0.4) is 0 Å². The Hall–Kier alpha value is -3.11. The molecule has 1 aromatic heterocycles. The molecule has 27 heavy (non-hydrogen) atoms. The number of nitrogens with one attached hydrogen (secondary N) is 1. The molecule has 7 heteroatoms. The molecule has 3 rings (SSSR count). The highest BCUT2D eigenvalue weighted by Crippen LogP contribution is 2.31. The van der Waals surface area contributed by atoms with Gasteiger partial charge in [-0.25, -0.2) is 4.79 Å². The third kappa shape index (κ3) is 4.74. The Bertz CT molecular complexity index is 990. The second kappa shape index (κ2) is 8.52. The topological polar surface area (TPSA) is 88.2 Å². The average Bonchev–Trinajstić information content (AvgIpc) is 3.03. The fraction of sp³-hybridized carbons (Fsp3) is 0.150. The molecule has 1 heterocycles. The molecule has 0 saturated heterocycles. The van der Waals surface area contributed by atoms with Gasteiger partial charge in [0.1, 0.15) is 11.4 Å². The van der Waals surface area contributed by atoms with E-state index in [1.165, 1.54) is 0 Å². The molecule has 2 aromatic carbocycles. The van der Waals surface area contributed by atoms with Gasteiger partial charge in [0.25, 0.3) is 0 Å². The molecular weight excluding hydrogens is 410 g/mol. The van der Waals surface area contributed by atoms with Crippen molar-refractivity contribution in [1.29, 1.82) is 5.26 Å². The number of ether oxygens (including phenoxy) is 1. The number of hydrogen-bond donors (Lipinski definition) is 1. The molecule has 1 N–H and O–H groups in total. The van der Waals surface area contributed by atoms with Gasteiger partial charge in [-0.2, -0.15) is 5.26 Å². The van der Waals surface area contributed by atoms with Crippen molar-refractivity contribution in [2.24, 2.45) is 0 Å². The molecule has 136 valence electrons. The summed E-state index contributed by atoms with van der Waals surface area (Å²) in [5.41, 5.74) is 3.34. The maximum absolute atomic E-state index is 12.2. The fourth-order valence-corrected chi connectivity index (χ4v) is 2.78. The van der Waals surface area contributed by atoms with Crippen LogP contribution < -0.4 is 5.32 Å². The van der Waals surface area contributed by atoms with Gasteiger partial charge in [0.2, 0.25) is 0 Å². The Labute approximate surface area is 164 Å². The largest absolute Gasteiger partial charge is 0.449 e. The number of hydrogen-bond acceptors (Lipinski definition) is 5. The normalized spacial score (nSPS) is 10.3. The van der Waals surface area contributed by atoms with Crippen LogP contribution in [0, 0.1) is 18.3 Å². The number of anilines is 1. The summed E-state index contributed by atoms with van der Waals surface area (Å²) >= 11 is 3.38. The molecular formula is C20H16BrN3O3. The molecule has 0 saturated carbocycles. The van der Waals surface area contributed by atoms with E-state index in [4.69, 9.17) is 14.5 Å². The fourth-order valence-electron chi connectivity index (χ4n) is 2.51. The Balaban J connectivity index is 1.62. The van der Waals surface area contributed by atoms with Gasteiger partial charge in [-0.05, 0) is 48.9 Å². The molecule has 3 aromatic rings. The number of aromatic nitrogens is 1. The maximum atomic E-state index is 12.2. The third-order valence-electron chi connectivity index (χ3n) is 3.88. The maximum Gasteiger partial charge on any atom is 0.411 e. The van der Waals surface area contributed by atoms with Crippen LogP contribution in [0.25, 0.3) is 11.3 Å². The summed E-state index contributed by atoms with van der Waals surface area (Å²) < 4.78 is 11.5. The summed E-state index contributed by atoms with van der Waals surface area (Å²) in [5, 5.41) is 15.5. The summed E-state index contributed by atoms with van der Waals surface area (Å²) in [6, 6.07) is 16.8. The quantitative estimate of drug-likeness (QED) is 0.615. The molecule has 0 atom stereocenters. The van der Waals surface area contributed by atoms with Gasteiger partial charge in [-0.1, -0.05) is 33.2 Å². The second-order valence-corrected chi connectivity index (χ2v) is 6.72. The number of carbonyl (C=O) groups is 1. The van der Waals surface area contributed by atoms with Gasteiger partial charge in [-0.15, -0.1) is 0 Å². The molecule has 0 spiro atoms. The molecule has 0 aliphatic heterocycles. The Kier molecular flexibility index (Phi) is 5.89. The molecule has 0 fully saturated rings. The van der Waals surface area contributed by atoms with Crippen LogP contribution in [0.1, 0.15) is 16.8 Å². The van der Waals surface area contributed by atoms with Crippen LogP contribution in [-0.4, -0.2) is 17.9 Å². The van der Waals surface area contributed by atoms with Gasteiger partial charge in [0, 0.05) is 16.5 Å². The van der Waals surface area contributed by atoms with E-state index in [0.717, 1.165) is 15.6 Å². The molecule has 1 amide bonds. The average molecular weight is 426 g/mol. The summed E-state index contributed by atoms with van der Waals surface area (Å²) in [5.74, 6) is 0.471. The van der Waals surface area contributed by atoms with E-state index in [1.807, 2.05) is 30.3 Å². The van der Waals surface area contributed by atoms with Gasteiger partial charge < -0.3 is 9.26 Å². The number of rotatable bonds is 5. The summed E-state index contributed by atoms with van der Waals surface area (Å²) in [6.45, 7) is 1.94. The SMILES string of the molecule is Cc1noc(-c2ccc(Br)cc2)c1NC(=O)OCCc1cccc(C#N)c1. The lowest BCUT2D eigenvalue weighted by atomic mass is 10.1. The van der Waals surface area contributed by atoms with Crippen LogP contribution in [-0.2, 0) is 11.2 Å². The van der Waals surface area contributed by atoms with Crippen LogP contribution in [0.4, 0.5) is 10.5 Å². The van der Waals surface area contributed by atoms with E-state index in [9.17, 15) is 4.79 Å². The lowest BCUT2D eigenvalue weighted by Crippen LogP contribution is -2.16. The van der Waals surface area contributed by atoms with E-state index >= 15 is 0 Å². The van der Waals surface area contributed by atoms with Crippen molar-refractivity contribution < 1.29 is 14.1 Å². The number of nitrogens with zero attached hydrogens (tertiary/aromatic N) is 2. The van der Waals surface area contributed by atoms with Gasteiger partial charge in [0.05, 0.1) is 18.2 Å². The first kappa shape index (κ1) is 18.7. The van der Waals surface area contributed by atoms with Crippen molar-refractivity contribution in [2.75, 3.05) is 11.9 Å². The molecule has 0 radical (unpaired) electrons. The van der Waals surface area contributed by atoms with Gasteiger partial charge >= 0.3 is 6.09 Å². The lowest BCUT2D eigenvalue weighted by molar-refractivity contribution is 0.163. The van der Waals surface area contributed by atoms with Crippen LogP contribution in [0.15, 0.2) is 57.5 Å². The predicted octanol–water partition coefficient (Wildman–Crippen LogP) is 5.08. The van der Waals surface area contributed by atoms with E-state index in [0.29, 0.717) is 29.1 Å². The van der Waals surface area contributed by atoms with Crippen molar-refractivity contribution in [1.82, 2.24) is 5.16 Å². The summed E-state index contributed by atoms with van der Waals surface area (Å²) in [6.07, 6.45) is -0.0680. The van der Waals surface area contributed by atoms with E-state index in [1.54, 1.807) is 25.1 Å². The number of halogens is 1. The zero-order chi connectivity index (χ0) is 19.2. The third-order valence-corrected chi connectivity index (χ3v) is 4.40. The number of carbonyl (C=O) groups excluding carboxylic acids is 1. The first-order chi connectivity index (χ1) is 13.1. The molecule has 6 nitrogen and oxygen atoms in total. The monoisotopic (exact) mass is 425 g/mol. The molecule has 0 aliphatic rings. The van der Waals surface area contributed by atoms with Crippen molar-refractivity contribution in [3.8, 4) is 17.4 Å². The van der Waals surface area contributed by atoms with Crippen LogP contribution >= 0.6 is 15.9 Å². The number of nitriles is 1. The predicted molar refractivity (Wildman–Crippen MR) is 104 cm³/mol. The molecule has 0 aliphatic carbocycles. The van der Waals surface area contributed by atoms with E-state index in [-0.39, 0.29) is 6.61 Å². The highest BCUT2D eigenvalue weighted by molar-refractivity contribution is 9.10. The van der Waals surface area contributed by atoms with Crippen LogP contribution in [0.2, 0.25) is 0 Å². The number of benzene rings is 2. The summed E-state index contributed by atoms with van der Waals surface area (Å²) in [7, 11) is 0. The minimum atomic E-state index is -0.587. The first-order valence-corrected chi connectivity index (χ1v) is 9.01. The zero-order valence-corrected chi connectivity index (χ0v) is 16.1. The smallest absolute Gasteiger partial charge is 0.411 e. The minimum absolute atomic E-state index is 0.193. The van der Waals surface area contributed by atoms with E-state index < -0.39 is 6.09 Å². The minimum Gasteiger partial charge on any atom is -0.449 e. The standard InChI is InChI=1S/C20H16BrN3O3/c1-13-18(19(27-24-13)16-5-7-17(21)8-6-16)23-20(25)26-10-9-14-3-2-4-15(11-14)12-22/h2-8,11H,9-10H2,1H3,(H,23,25). The van der Waals surface area contributed by atoms with Crippen LogP contribution in [0.5, 0.6) is 0 Å². The van der Waals surface area contributed by atoms with E-state index in [2.05, 4.69) is 32.5 Å². The van der Waals surface area contributed by atoms with Crippen molar-refractivity contribution in [2.45, 2.75) is 13.3 Å². The zero-order valence-electron chi connectivity index (χ0n) is 14.5. The number of amides is 1. The Morgan fingerprint density at radius 3 is 2.81 bits per heavy atom. The highest BCUT2D eigenvalue weighted by atomic mass is 79.9.